The molecule has 0 radical (unpaired) electrons. The van der Waals surface area contributed by atoms with Crippen molar-refractivity contribution in [1.29, 1.82) is 0 Å². The maximum atomic E-state index is 4.25. The van der Waals surface area contributed by atoms with Crippen molar-refractivity contribution in [2.75, 3.05) is 7.05 Å². The van der Waals surface area contributed by atoms with Crippen LogP contribution in [0.3, 0.4) is 0 Å². The number of amidine groups is 1. The highest BCUT2D eigenvalue weighted by Gasteiger charge is 2.12. The van der Waals surface area contributed by atoms with E-state index in [0.29, 0.717) is 12.0 Å². The maximum absolute atomic E-state index is 4.25. The summed E-state index contributed by atoms with van der Waals surface area (Å²) < 4.78 is 0. The van der Waals surface area contributed by atoms with Gasteiger partial charge >= 0.3 is 0 Å². The van der Waals surface area contributed by atoms with Crippen molar-refractivity contribution >= 4 is 5.84 Å². The zero-order valence-corrected chi connectivity index (χ0v) is 8.83. The molecule has 0 unspecified atom stereocenters. The molecule has 0 aliphatic carbocycles. The number of hydrogen-bond donors (Lipinski definition) is 0. The van der Waals surface area contributed by atoms with E-state index in [1.807, 2.05) is 0 Å². The molecule has 0 N–H and O–H groups in total. The smallest absolute Gasteiger partial charge is 0.107 e. The van der Waals surface area contributed by atoms with Crippen LogP contribution in [-0.4, -0.2) is 23.8 Å². The first-order chi connectivity index (χ1) is 5.50. The Kier molecular flexibility index (Phi) is 4.64. The van der Waals surface area contributed by atoms with Gasteiger partial charge < -0.3 is 4.90 Å². The van der Waals surface area contributed by atoms with E-state index in [2.05, 4.69) is 51.2 Å². The molecule has 0 fully saturated rings. The lowest BCUT2D eigenvalue weighted by molar-refractivity contribution is 0.398. The molecule has 0 saturated carbocycles. The minimum Gasteiger partial charge on any atom is -0.360 e. The molecule has 0 amide bonds. The Morgan fingerprint density at radius 2 is 1.83 bits per heavy atom. The Hall–Kier alpha value is -0.790. The van der Waals surface area contributed by atoms with Crippen LogP contribution < -0.4 is 0 Å². The predicted octanol–water partition coefficient (Wildman–Crippen LogP) is 2.52. The van der Waals surface area contributed by atoms with Gasteiger partial charge in [0.25, 0.3) is 0 Å². The Balaban J connectivity index is 4.51. The lowest BCUT2D eigenvalue weighted by Gasteiger charge is -2.27. The van der Waals surface area contributed by atoms with Gasteiger partial charge in [-0.25, -0.2) is 4.99 Å². The molecule has 0 aliphatic rings. The maximum Gasteiger partial charge on any atom is 0.107 e. The van der Waals surface area contributed by atoms with Gasteiger partial charge in [0.2, 0.25) is 0 Å². The summed E-state index contributed by atoms with van der Waals surface area (Å²) in [7, 11) is 2.06. The van der Waals surface area contributed by atoms with Crippen molar-refractivity contribution < 1.29 is 0 Å². The van der Waals surface area contributed by atoms with E-state index in [4.69, 9.17) is 0 Å². The standard InChI is InChI=1S/C10H20N2/c1-7-11-10(8(2)3)12(6)9(4)5/h7-9H,1H2,2-6H3. The van der Waals surface area contributed by atoms with Crippen molar-refractivity contribution in [2.24, 2.45) is 10.9 Å². The Labute approximate surface area is 76.0 Å². The van der Waals surface area contributed by atoms with Crippen LogP contribution >= 0.6 is 0 Å². The number of hydrogen-bond acceptors (Lipinski definition) is 1. The van der Waals surface area contributed by atoms with Gasteiger partial charge in [0, 0.05) is 25.2 Å². The SMILES string of the molecule is C=CN=C(C(C)C)N(C)C(C)C. The third kappa shape index (κ3) is 3.07. The molecule has 0 aromatic rings. The molecule has 0 aromatic heterocycles. The third-order valence-corrected chi connectivity index (χ3v) is 1.88. The molecule has 0 bridgehead atoms. The first kappa shape index (κ1) is 11.2. The Morgan fingerprint density at radius 1 is 1.33 bits per heavy atom. The molecule has 0 saturated heterocycles. The van der Waals surface area contributed by atoms with Crippen LogP contribution in [0.25, 0.3) is 0 Å². The zero-order valence-electron chi connectivity index (χ0n) is 8.83. The Bertz CT molecular complexity index is 169. The van der Waals surface area contributed by atoms with Crippen molar-refractivity contribution in [3.05, 3.63) is 12.8 Å². The molecule has 70 valence electrons. The second-order valence-corrected chi connectivity index (χ2v) is 3.53. The van der Waals surface area contributed by atoms with Crippen molar-refractivity contribution in [2.45, 2.75) is 33.7 Å². The first-order valence-corrected chi connectivity index (χ1v) is 4.42. The van der Waals surface area contributed by atoms with E-state index >= 15 is 0 Å². The topological polar surface area (TPSA) is 15.6 Å². The molecule has 0 rings (SSSR count). The quantitative estimate of drug-likeness (QED) is 0.467. The van der Waals surface area contributed by atoms with Gasteiger partial charge in [-0.15, -0.1) is 0 Å². The van der Waals surface area contributed by atoms with Crippen LogP contribution in [0, 0.1) is 5.92 Å². The van der Waals surface area contributed by atoms with E-state index in [-0.39, 0.29) is 0 Å². The fourth-order valence-electron chi connectivity index (χ4n) is 1.01. The summed E-state index contributed by atoms with van der Waals surface area (Å²) in [5, 5.41) is 0. The summed E-state index contributed by atoms with van der Waals surface area (Å²) in [6.45, 7) is 12.2. The van der Waals surface area contributed by atoms with Crippen molar-refractivity contribution in [3.8, 4) is 0 Å². The molecule has 2 heteroatoms. The molecular formula is C10H20N2. The molecule has 0 aromatic carbocycles. The van der Waals surface area contributed by atoms with Crippen LogP contribution in [0.4, 0.5) is 0 Å². The summed E-state index contributed by atoms with van der Waals surface area (Å²) in [5.74, 6) is 1.55. The molecule has 2 nitrogen and oxygen atoms in total. The van der Waals surface area contributed by atoms with Gasteiger partial charge in [-0.1, -0.05) is 20.4 Å². The lowest BCUT2D eigenvalue weighted by atomic mass is 10.1. The summed E-state index contributed by atoms with van der Waals surface area (Å²) >= 11 is 0. The van der Waals surface area contributed by atoms with Crippen LogP contribution in [0.5, 0.6) is 0 Å². The second kappa shape index (κ2) is 4.96. The monoisotopic (exact) mass is 168 g/mol. The molecule has 0 heterocycles. The minimum atomic E-state index is 0.454. The largest absolute Gasteiger partial charge is 0.360 e. The number of nitrogens with zero attached hydrogens (tertiary/aromatic N) is 2. The average Bonchev–Trinajstić information content (AvgIpc) is 1.98. The normalized spacial score (nSPS) is 12.4. The van der Waals surface area contributed by atoms with Gasteiger partial charge in [0.15, 0.2) is 0 Å². The van der Waals surface area contributed by atoms with Gasteiger partial charge in [0.1, 0.15) is 5.84 Å². The summed E-state index contributed by atoms with van der Waals surface area (Å²) in [6, 6.07) is 0.492. The van der Waals surface area contributed by atoms with Crippen LogP contribution in [-0.2, 0) is 0 Å². The lowest BCUT2D eigenvalue weighted by Crippen LogP contribution is -2.36. The van der Waals surface area contributed by atoms with E-state index < -0.39 is 0 Å². The van der Waals surface area contributed by atoms with Crippen LogP contribution in [0.1, 0.15) is 27.7 Å². The van der Waals surface area contributed by atoms with Gasteiger partial charge in [-0.2, -0.15) is 0 Å². The van der Waals surface area contributed by atoms with Crippen molar-refractivity contribution in [1.82, 2.24) is 4.90 Å². The highest BCUT2D eigenvalue weighted by molar-refractivity contribution is 5.84. The fraction of sp³-hybridized carbons (Fsp3) is 0.700. The second-order valence-electron chi connectivity index (χ2n) is 3.53. The molecular weight excluding hydrogens is 148 g/mol. The van der Waals surface area contributed by atoms with Gasteiger partial charge in [-0.05, 0) is 13.8 Å². The first-order valence-electron chi connectivity index (χ1n) is 4.42. The van der Waals surface area contributed by atoms with E-state index in [1.54, 1.807) is 6.20 Å². The van der Waals surface area contributed by atoms with Crippen LogP contribution in [0.15, 0.2) is 17.8 Å². The molecule has 12 heavy (non-hydrogen) atoms. The predicted molar refractivity (Wildman–Crippen MR) is 55.4 cm³/mol. The summed E-state index contributed by atoms with van der Waals surface area (Å²) in [5.41, 5.74) is 0. The average molecular weight is 168 g/mol. The minimum absolute atomic E-state index is 0.454. The van der Waals surface area contributed by atoms with Crippen molar-refractivity contribution in [3.63, 3.8) is 0 Å². The van der Waals surface area contributed by atoms with Gasteiger partial charge in [0.05, 0.1) is 0 Å². The number of rotatable bonds is 3. The molecule has 0 spiro atoms. The highest BCUT2D eigenvalue weighted by atomic mass is 15.2. The summed E-state index contributed by atoms with van der Waals surface area (Å²) in [4.78, 5) is 6.42. The van der Waals surface area contributed by atoms with Gasteiger partial charge in [-0.3, -0.25) is 0 Å². The summed E-state index contributed by atoms with van der Waals surface area (Å²) in [6.07, 6.45) is 1.61. The number of aliphatic imine (C=N–C) groups is 1. The molecule has 0 atom stereocenters. The van der Waals surface area contributed by atoms with E-state index in [0.717, 1.165) is 5.84 Å². The van der Waals surface area contributed by atoms with Crippen LogP contribution in [0.2, 0.25) is 0 Å². The van der Waals surface area contributed by atoms with E-state index in [9.17, 15) is 0 Å². The Morgan fingerprint density at radius 3 is 2.08 bits per heavy atom. The highest BCUT2D eigenvalue weighted by Crippen LogP contribution is 2.05. The third-order valence-electron chi connectivity index (χ3n) is 1.88. The molecule has 0 aliphatic heterocycles. The van der Waals surface area contributed by atoms with E-state index in [1.165, 1.54) is 0 Å². The zero-order chi connectivity index (χ0) is 9.72. The fourth-order valence-corrected chi connectivity index (χ4v) is 1.01.